The summed E-state index contributed by atoms with van der Waals surface area (Å²) in [5, 5.41) is 0.274. The minimum absolute atomic E-state index is 0.0324. The van der Waals surface area contributed by atoms with Gasteiger partial charge in [0, 0.05) is 43.1 Å². The van der Waals surface area contributed by atoms with Crippen molar-refractivity contribution in [2.24, 2.45) is 0 Å². The summed E-state index contributed by atoms with van der Waals surface area (Å²) in [5.74, 6) is -1.31. The van der Waals surface area contributed by atoms with Gasteiger partial charge in [-0.15, -0.1) is 0 Å². The molecule has 2 aromatic rings. The lowest BCUT2D eigenvalue weighted by atomic mass is 10.0. The van der Waals surface area contributed by atoms with Crippen LogP contribution in [-0.2, 0) is 16.0 Å². The molecule has 0 unspecified atom stereocenters. The Kier molecular flexibility index (Phi) is 5.28. The fraction of sp³-hybridized carbons (Fsp3) is 0.381. The fourth-order valence-corrected chi connectivity index (χ4v) is 3.85. The summed E-state index contributed by atoms with van der Waals surface area (Å²) < 4.78 is 25.5. The van der Waals surface area contributed by atoms with Crippen molar-refractivity contribution >= 4 is 17.4 Å². The van der Waals surface area contributed by atoms with Crippen molar-refractivity contribution in [2.45, 2.75) is 25.2 Å². The van der Waals surface area contributed by atoms with Gasteiger partial charge >= 0.3 is 0 Å². The molecule has 2 aliphatic heterocycles. The van der Waals surface area contributed by atoms with Crippen molar-refractivity contribution < 1.29 is 18.7 Å². The van der Waals surface area contributed by atoms with Crippen molar-refractivity contribution in [3.63, 3.8) is 0 Å². The highest BCUT2D eigenvalue weighted by molar-refractivity contribution is 6.30. The largest absolute Gasteiger partial charge is 0.347 e. The van der Waals surface area contributed by atoms with Gasteiger partial charge in [-0.1, -0.05) is 35.9 Å². The number of benzene rings is 2. The average Bonchev–Trinajstić information content (AvgIpc) is 3.12. The molecule has 0 saturated carbocycles. The Morgan fingerprint density at radius 3 is 2.37 bits per heavy atom. The highest BCUT2D eigenvalue weighted by Crippen LogP contribution is 2.31. The van der Waals surface area contributed by atoms with Crippen molar-refractivity contribution in [1.29, 1.82) is 0 Å². The Bertz CT molecular complexity index is 824. The standard InChI is InChI=1S/C21H21ClFNO3/c22-17-5-6-18(19(23)13-17)20(25)16-3-1-15(2-4-16)14-24-9-7-21(8-10-24)26-11-12-27-21/h1-6,13H,7-12,14H2. The van der Waals surface area contributed by atoms with Crippen LogP contribution in [0.2, 0.25) is 5.02 Å². The summed E-state index contributed by atoms with van der Waals surface area (Å²) in [6.07, 6.45) is 1.75. The lowest BCUT2D eigenvalue weighted by Crippen LogP contribution is -2.44. The van der Waals surface area contributed by atoms with E-state index < -0.39 is 5.82 Å². The van der Waals surface area contributed by atoms with Gasteiger partial charge in [0.05, 0.1) is 18.8 Å². The van der Waals surface area contributed by atoms with E-state index >= 15 is 0 Å². The summed E-state index contributed by atoms with van der Waals surface area (Å²) >= 11 is 5.75. The van der Waals surface area contributed by atoms with Crippen LogP contribution in [0, 0.1) is 5.82 Å². The summed E-state index contributed by atoms with van der Waals surface area (Å²) in [5.41, 5.74) is 1.61. The highest BCUT2D eigenvalue weighted by Gasteiger charge is 2.39. The SMILES string of the molecule is O=C(c1ccc(CN2CCC3(CC2)OCCO3)cc1)c1ccc(Cl)cc1F. The van der Waals surface area contributed by atoms with E-state index in [2.05, 4.69) is 4.90 Å². The number of piperidine rings is 1. The van der Waals surface area contributed by atoms with Crippen molar-refractivity contribution in [3.05, 3.63) is 70.0 Å². The second-order valence-electron chi connectivity index (χ2n) is 7.03. The molecule has 6 heteroatoms. The van der Waals surface area contributed by atoms with Crippen LogP contribution in [0.4, 0.5) is 4.39 Å². The molecule has 27 heavy (non-hydrogen) atoms. The number of rotatable bonds is 4. The Morgan fingerprint density at radius 1 is 1.07 bits per heavy atom. The first-order valence-electron chi connectivity index (χ1n) is 9.14. The van der Waals surface area contributed by atoms with E-state index in [0.29, 0.717) is 18.8 Å². The van der Waals surface area contributed by atoms with Gasteiger partial charge in [-0.05, 0) is 23.8 Å². The molecule has 0 aliphatic carbocycles. The maximum Gasteiger partial charge on any atom is 0.195 e. The van der Waals surface area contributed by atoms with E-state index in [4.69, 9.17) is 21.1 Å². The first-order chi connectivity index (χ1) is 13.0. The van der Waals surface area contributed by atoms with Gasteiger partial charge in [-0.2, -0.15) is 0 Å². The summed E-state index contributed by atoms with van der Waals surface area (Å²) in [6, 6.07) is 11.4. The molecule has 2 fully saturated rings. The molecule has 4 nitrogen and oxygen atoms in total. The lowest BCUT2D eigenvalue weighted by Gasteiger charge is -2.37. The molecular weight excluding hydrogens is 369 g/mol. The van der Waals surface area contributed by atoms with E-state index in [9.17, 15) is 9.18 Å². The molecule has 2 saturated heterocycles. The minimum Gasteiger partial charge on any atom is -0.347 e. The molecule has 0 atom stereocenters. The quantitative estimate of drug-likeness (QED) is 0.739. The molecule has 4 rings (SSSR count). The second kappa shape index (κ2) is 7.68. The Labute approximate surface area is 162 Å². The zero-order chi connectivity index (χ0) is 18.9. The summed E-state index contributed by atoms with van der Waals surface area (Å²) in [7, 11) is 0. The number of nitrogens with zero attached hydrogens (tertiary/aromatic N) is 1. The van der Waals surface area contributed by atoms with E-state index in [1.54, 1.807) is 12.1 Å². The number of carbonyl (C=O) groups excluding carboxylic acids is 1. The van der Waals surface area contributed by atoms with Crippen LogP contribution in [0.3, 0.4) is 0 Å². The molecule has 1 spiro atoms. The van der Waals surface area contributed by atoms with Crippen LogP contribution in [-0.4, -0.2) is 42.8 Å². The molecule has 0 N–H and O–H groups in total. The zero-order valence-electron chi connectivity index (χ0n) is 14.9. The number of hydrogen-bond acceptors (Lipinski definition) is 4. The second-order valence-corrected chi connectivity index (χ2v) is 7.47. The maximum atomic E-state index is 14.0. The third-order valence-electron chi connectivity index (χ3n) is 5.23. The van der Waals surface area contributed by atoms with E-state index in [1.807, 2.05) is 12.1 Å². The molecule has 0 amide bonds. The minimum atomic E-state index is -0.602. The smallest absolute Gasteiger partial charge is 0.195 e. The van der Waals surface area contributed by atoms with E-state index in [0.717, 1.165) is 44.1 Å². The number of likely N-dealkylation sites (tertiary alicyclic amines) is 1. The van der Waals surface area contributed by atoms with E-state index in [-0.39, 0.29) is 22.2 Å². The van der Waals surface area contributed by atoms with Crippen molar-refractivity contribution in [3.8, 4) is 0 Å². The number of hydrogen-bond donors (Lipinski definition) is 0. The van der Waals surface area contributed by atoms with Gasteiger partial charge in [-0.25, -0.2) is 4.39 Å². The third kappa shape index (κ3) is 4.06. The van der Waals surface area contributed by atoms with Gasteiger partial charge in [-0.3, -0.25) is 9.69 Å². The van der Waals surface area contributed by atoms with Crippen LogP contribution < -0.4 is 0 Å². The first-order valence-corrected chi connectivity index (χ1v) is 9.51. The summed E-state index contributed by atoms with van der Waals surface area (Å²) in [4.78, 5) is 14.9. The maximum absolute atomic E-state index is 14.0. The predicted molar refractivity (Wildman–Crippen MR) is 100 cm³/mol. The monoisotopic (exact) mass is 389 g/mol. The molecule has 0 radical (unpaired) electrons. The van der Waals surface area contributed by atoms with E-state index in [1.165, 1.54) is 12.1 Å². The third-order valence-corrected chi connectivity index (χ3v) is 5.46. The van der Waals surface area contributed by atoms with Crippen molar-refractivity contribution in [1.82, 2.24) is 4.90 Å². The lowest BCUT2D eigenvalue weighted by molar-refractivity contribution is -0.185. The topological polar surface area (TPSA) is 38.8 Å². The van der Waals surface area contributed by atoms with Crippen molar-refractivity contribution in [2.75, 3.05) is 26.3 Å². The highest BCUT2D eigenvalue weighted by atomic mass is 35.5. The number of ketones is 1. The Hall–Kier alpha value is -1.79. The van der Waals surface area contributed by atoms with Crippen LogP contribution in [0.25, 0.3) is 0 Å². The molecule has 2 aromatic carbocycles. The first kappa shape index (κ1) is 18.6. The zero-order valence-corrected chi connectivity index (χ0v) is 15.7. The predicted octanol–water partition coefficient (Wildman–Crippen LogP) is 4.05. The molecule has 0 bridgehead atoms. The number of carbonyl (C=O) groups is 1. The number of ether oxygens (including phenoxy) is 2. The van der Waals surface area contributed by atoms with Crippen LogP contribution >= 0.6 is 11.6 Å². The Morgan fingerprint density at radius 2 is 1.74 bits per heavy atom. The average molecular weight is 390 g/mol. The molecule has 142 valence electrons. The van der Waals surface area contributed by atoms with Gasteiger partial charge < -0.3 is 9.47 Å². The number of halogens is 2. The molecule has 2 aliphatic rings. The van der Waals surface area contributed by atoms with Gasteiger partial charge in [0.15, 0.2) is 11.6 Å². The Balaban J connectivity index is 1.38. The van der Waals surface area contributed by atoms with Crippen LogP contribution in [0.15, 0.2) is 42.5 Å². The fourth-order valence-electron chi connectivity index (χ4n) is 3.69. The summed E-state index contributed by atoms with van der Waals surface area (Å²) in [6.45, 7) is 4.00. The van der Waals surface area contributed by atoms with Crippen LogP contribution in [0.5, 0.6) is 0 Å². The van der Waals surface area contributed by atoms with Gasteiger partial charge in [0.2, 0.25) is 0 Å². The van der Waals surface area contributed by atoms with Crippen LogP contribution in [0.1, 0.15) is 34.3 Å². The molecular formula is C21H21ClFNO3. The molecule has 2 heterocycles. The van der Waals surface area contributed by atoms with Gasteiger partial charge in [0.1, 0.15) is 5.82 Å². The normalized spacial score (nSPS) is 19.5. The molecule has 0 aromatic heterocycles. The van der Waals surface area contributed by atoms with Gasteiger partial charge in [0.25, 0.3) is 0 Å².